The fraction of sp³-hybridized carbons (Fsp3) is 0.700. The third kappa shape index (κ3) is 4.97. The Morgan fingerprint density at radius 3 is 2.53 bits per heavy atom. The molecule has 3 unspecified atom stereocenters. The van der Waals surface area contributed by atoms with Crippen molar-refractivity contribution in [2.45, 2.75) is 88.3 Å². The molecule has 2 aliphatic heterocycles. The van der Waals surface area contributed by atoms with Gasteiger partial charge in [-0.2, -0.15) is 0 Å². The van der Waals surface area contributed by atoms with Crippen molar-refractivity contribution < 1.29 is 19.1 Å². The lowest BCUT2D eigenvalue weighted by Gasteiger charge is -2.43. The zero-order chi connectivity index (χ0) is 27.1. The minimum Gasteiger partial charge on any atom is -0.375 e. The second kappa shape index (κ2) is 10.3. The van der Waals surface area contributed by atoms with Gasteiger partial charge in [0.25, 0.3) is 5.91 Å². The molecule has 0 bridgehead atoms. The molecular weight excluding hydrogens is 480 g/mol. The van der Waals surface area contributed by atoms with E-state index in [0.717, 1.165) is 31.2 Å². The summed E-state index contributed by atoms with van der Waals surface area (Å²) in [4.78, 5) is 44.5. The Morgan fingerprint density at radius 2 is 1.84 bits per heavy atom. The van der Waals surface area contributed by atoms with Crippen molar-refractivity contribution in [1.82, 2.24) is 15.1 Å². The Balaban J connectivity index is 1.37. The van der Waals surface area contributed by atoms with Crippen LogP contribution in [-0.2, 0) is 19.1 Å². The van der Waals surface area contributed by atoms with E-state index in [2.05, 4.69) is 17.4 Å². The zero-order valence-corrected chi connectivity index (χ0v) is 23.2. The summed E-state index contributed by atoms with van der Waals surface area (Å²) < 4.78 is 6.30. The van der Waals surface area contributed by atoms with Crippen LogP contribution in [0.4, 0.5) is 0 Å². The number of hydrogen-bond donors (Lipinski definition) is 2. The van der Waals surface area contributed by atoms with E-state index in [-0.39, 0.29) is 29.7 Å². The SMILES string of the molecule is CN1CC(c2ccccc2)C2(CCCN(C(=O)C3(NC(=O)C(C)(C)N)C[C@H]3OCC3CCCCC3)C2)C1=O. The molecule has 8 nitrogen and oxygen atoms in total. The average molecular weight is 525 g/mol. The highest BCUT2D eigenvalue weighted by atomic mass is 16.5. The molecule has 0 radical (unpaired) electrons. The van der Waals surface area contributed by atoms with Crippen LogP contribution in [0.3, 0.4) is 0 Å². The van der Waals surface area contributed by atoms with Crippen molar-refractivity contribution >= 4 is 17.7 Å². The van der Waals surface area contributed by atoms with Crippen molar-refractivity contribution in [2.75, 3.05) is 33.3 Å². The minimum absolute atomic E-state index is 0.0165. The Labute approximate surface area is 226 Å². The quantitative estimate of drug-likeness (QED) is 0.571. The molecule has 208 valence electrons. The molecule has 1 aromatic rings. The molecular formula is C30H44N4O4. The monoisotopic (exact) mass is 524 g/mol. The maximum Gasteiger partial charge on any atom is 0.251 e. The molecule has 3 amide bonds. The van der Waals surface area contributed by atoms with Gasteiger partial charge in [-0.3, -0.25) is 14.4 Å². The van der Waals surface area contributed by atoms with E-state index >= 15 is 0 Å². The third-order valence-corrected chi connectivity index (χ3v) is 9.37. The van der Waals surface area contributed by atoms with Gasteiger partial charge in [0.15, 0.2) is 0 Å². The van der Waals surface area contributed by atoms with Gasteiger partial charge in [0, 0.05) is 45.6 Å². The molecule has 3 N–H and O–H groups in total. The first-order chi connectivity index (χ1) is 18.1. The molecule has 1 aromatic carbocycles. The van der Waals surface area contributed by atoms with Gasteiger partial charge in [-0.05, 0) is 51.0 Å². The summed E-state index contributed by atoms with van der Waals surface area (Å²) in [7, 11) is 1.86. The molecule has 2 heterocycles. The van der Waals surface area contributed by atoms with Gasteiger partial charge in [0.1, 0.15) is 5.54 Å². The van der Waals surface area contributed by atoms with Crippen molar-refractivity contribution in [3.05, 3.63) is 35.9 Å². The predicted molar refractivity (Wildman–Crippen MR) is 145 cm³/mol. The maximum absolute atomic E-state index is 14.2. The second-order valence-corrected chi connectivity index (χ2v) is 12.8. The Kier molecular flexibility index (Phi) is 7.33. The Bertz CT molecular complexity index is 1050. The summed E-state index contributed by atoms with van der Waals surface area (Å²) in [5.41, 5.74) is 4.36. The lowest BCUT2D eigenvalue weighted by atomic mass is 9.69. The standard InChI is InChI=1S/C30H44N4O4/c1-28(2,31)25(35)32-30(17-24(30)38-19-21-11-6-4-7-12-21)27(37)34-16-10-15-29(20-34)23(18-33(3)26(29)36)22-13-8-5-9-14-22/h5,8-9,13-14,21,23-24H,4,6-7,10-12,15-20,31H2,1-3H3,(H,32,35)/t23?,24-,29?,30?/m1/s1. The number of carbonyl (C=O) groups is 3. The van der Waals surface area contributed by atoms with Crippen molar-refractivity contribution in [3.63, 3.8) is 0 Å². The van der Waals surface area contributed by atoms with Crippen LogP contribution in [-0.4, -0.2) is 78.0 Å². The number of benzene rings is 1. The summed E-state index contributed by atoms with van der Waals surface area (Å²) in [5, 5.41) is 3.01. The first-order valence-electron chi connectivity index (χ1n) is 14.4. The molecule has 2 aliphatic carbocycles. The third-order valence-electron chi connectivity index (χ3n) is 9.37. The van der Waals surface area contributed by atoms with Gasteiger partial charge >= 0.3 is 0 Å². The number of nitrogens with one attached hydrogen (secondary N) is 1. The van der Waals surface area contributed by atoms with Crippen LogP contribution >= 0.6 is 0 Å². The predicted octanol–water partition coefficient (Wildman–Crippen LogP) is 2.81. The van der Waals surface area contributed by atoms with Crippen LogP contribution in [0.25, 0.3) is 0 Å². The largest absolute Gasteiger partial charge is 0.375 e. The Hall–Kier alpha value is -2.45. The molecule has 5 rings (SSSR count). The molecule has 4 atom stereocenters. The number of likely N-dealkylation sites (N-methyl/N-ethyl adjacent to an activating group) is 1. The maximum atomic E-state index is 14.2. The average Bonchev–Trinajstić information content (AvgIpc) is 3.57. The topological polar surface area (TPSA) is 105 Å². The van der Waals surface area contributed by atoms with Crippen LogP contribution in [0.1, 0.15) is 76.7 Å². The molecule has 8 heteroatoms. The number of ether oxygens (including phenoxy) is 1. The van der Waals surface area contributed by atoms with Gasteiger partial charge in [0.05, 0.1) is 17.1 Å². The van der Waals surface area contributed by atoms with Crippen molar-refractivity contribution in [1.29, 1.82) is 0 Å². The highest BCUT2D eigenvalue weighted by Gasteiger charge is 2.66. The number of nitrogens with two attached hydrogens (primary N) is 1. The normalized spacial score (nSPS) is 32.1. The molecule has 4 aliphatic rings. The minimum atomic E-state index is -1.12. The lowest BCUT2D eigenvalue weighted by Crippen LogP contribution is -2.62. The zero-order valence-electron chi connectivity index (χ0n) is 23.2. The molecule has 0 aromatic heterocycles. The molecule has 1 spiro atoms. The lowest BCUT2D eigenvalue weighted by molar-refractivity contribution is -0.147. The number of amides is 3. The smallest absolute Gasteiger partial charge is 0.251 e. The van der Waals surface area contributed by atoms with Crippen LogP contribution < -0.4 is 11.1 Å². The van der Waals surface area contributed by atoms with E-state index < -0.39 is 16.5 Å². The van der Waals surface area contributed by atoms with Crippen molar-refractivity contribution in [2.24, 2.45) is 17.1 Å². The second-order valence-electron chi connectivity index (χ2n) is 12.8. The summed E-state index contributed by atoms with van der Waals surface area (Å²) in [5.74, 6) is 0.126. The summed E-state index contributed by atoms with van der Waals surface area (Å²) in [6, 6.07) is 10.2. The van der Waals surface area contributed by atoms with Crippen LogP contribution in [0, 0.1) is 11.3 Å². The first kappa shape index (κ1) is 27.1. The van der Waals surface area contributed by atoms with E-state index in [1.54, 1.807) is 13.8 Å². The van der Waals surface area contributed by atoms with E-state index in [1.807, 2.05) is 35.0 Å². The molecule has 2 saturated carbocycles. The highest BCUT2D eigenvalue weighted by molar-refractivity contribution is 5.98. The fourth-order valence-corrected chi connectivity index (χ4v) is 6.98. The van der Waals surface area contributed by atoms with E-state index in [4.69, 9.17) is 10.5 Å². The summed E-state index contributed by atoms with van der Waals surface area (Å²) in [6.07, 6.45) is 7.60. The van der Waals surface area contributed by atoms with Crippen molar-refractivity contribution in [3.8, 4) is 0 Å². The van der Waals surface area contributed by atoms with E-state index in [9.17, 15) is 14.4 Å². The number of hydrogen-bond acceptors (Lipinski definition) is 5. The van der Waals surface area contributed by atoms with Gasteiger partial charge in [-0.25, -0.2) is 0 Å². The summed E-state index contributed by atoms with van der Waals surface area (Å²) >= 11 is 0. The number of carbonyl (C=O) groups excluding carboxylic acids is 3. The number of likely N-dealkylation sites (tertiary alicyclic amines) is 2. The number of rotatable bonds is 7. The molecule has 4 fully saturated rings. The molecule has 2 saturated heterocycles. The highest BCUT2D eigenvalue weighted by Crippen LogP contribution is 2.50. The van der Waals surface area contributed by atoms with E-state index in [1.165, 1.54) is 19.3 Å². The van der Waals surface area contributed by atoms with Crippen LogP contribution in [0.5, 0.6) is 0 Å². The van der Waals surface area contributed by atoms with Crippen LogP contribution in [0.15, 0.2) is 30.3 Å². The van der Waals surface area contributed by atoms with Gasteiger partial charge in [-0.15, -0.1) is 0 Å². The number of piperidine rings is 1. The van der Waals surface area contributed by atoms with Crippen LogP contribution in [0.2, 0.25) is 0 Å². The van der Waals surface area contributed by atoms with E-state index in [0.29, 0.717) is 38.6 Å². The summed E-state index contributed by atoms with van der Waals surface area (Å²) in [6.45, 7) is 5.47. The van der Waals surface area contributed by atoms with Gasteiger partial charge in [0.2, 0.25) is 11.8 Å². The first-order valence-corrected chi connectivity index (χ1v) is 14.4. The number of nitrogens with zero attached hydrogens (tertiary/aromatic N) is 2. The Morgan fingerprint density at radius 1 is 1.13 bits per heavy atom. The van der Waals surface area contributed by atoms with Gasteiger partial charge in [-0.1, -0.05) is 49.6 Å². The fourth-order valence-electron chi connectivity index (χ4n) is 6.98. The van der Waals surface area contributed by atoms with Gasteiger partial charge < -0.3 is 25.6 Å². The molecule has 38 heavy (non-hydrogen) atoms.